The number of fused-ring (bicyclic) bond motifs is 3. The van der Waals surface area contributed by atoms with E-state index in [0.717, 1.165) is 5.56 Å². The minimum absolute atomic E-state index is 0.00845. The standard InChI is InChI=1S/C24H14N8O3S/c1-2-35-23-15(12-25)17(13-8-4-3-5-9-13)18-19-20(36-24(18)29-23)22(30-31-26)28-21(27-19)14-10-6-7-11-16(14)32(33)34/h3-11H,2H2,1H3. The summed E-state index contributed by atoms with van der Waals surface area (Å²) in [5.41, 5.74) is 11.1. The summed E-state index contributed by atoms with van der Waals surface area (Å²) >= 11 is 1.19. The molecule has 11 nitrogen and oxygen atoms in total. The van der Waals surface area contributed by atoms with Crippen LogP contribution in [0.25, 0.3) is 53.4 Å². The summed E-state index contributed by atoms with van der Waals surface area (Å²) in [5, 5.41) is 26.0. The lowest BCUT2D eigenvalue weighted by molar-refractivity contribution is -0.384. The van der Waals surface area contributed by atoms with E-state index < -0.39 is 4.92 Å². The van der Waals surface area contributed by atoms with Crippen LogP contribution in [0.2, 0.25) is 0 Å². The summed E-state index contributed by atoms with van der Waals surface area (Å²) in [6, 6.07) is 17.5. The molecule has 0 spiro atoms. The zero-order valence-corrected chi connectivity index (χ0v) is 19.4. The van der Waals surface area contributed by atoms with E-state index in [4.69, 9.17) is 4.74 Å². The van der Waals surface area contributed by atoms with Crippen LogP contribution in [-0.4, -0.2) is 26.5 Å². The molecular formula is C24H14N8O3S. The smallest absolute Gasteiger partial charge is 0.280 e. The Morgan fingerprint density at radius 1 is 1.17 bits per heavy atom. The average Bonchev–Trinajstić information content (AvgIpc) is 3.27. The van der Waals surface area contributed by atoms with Crippen LogP contribution < -0.4 is 4.74 Å². The Bertz CT molecular complexity index is 1760. The summed E-state index contributed by atoms with van der Waals surface area (Å²) in [7, 11) is 0. The van der Waals surface area contributed by atoms with Crippen LogP contribution in [0, 0.1) is 21.4 Å². The van der Waals surface area contributed by atoms with Gasteiger partial charge < -0.3 is 4.74 Å². The first kappa shape index (κ1) is 22.7. The van der Waals surface area contributed by atoms with Gasteiger partial charge >= 0.3 is 0 Å². The maximum atomic E-state index is 11.7. The molecule has 12 heteroatoms. The molecule has 0 aliphatic carbocycles. The molecule has 0 fully saturated rings. The Balaban J connectivity index is 1.97. The Morgan fingerprint density at radius 2 is 1.92 bits per heavy atom. The van der Waals surface area contributed by atoms with E-state index >= 15 is 0 Å². The van der Waals surface area contributed by atoms with Gasteiger partial charge in [0.1, 0.15) is 22.3 Å². The van der Waals surface area contributed by atoms with Crippen molar-refractivity contribution in [3.63, 3.8) is 0 Å². The van der Waals surface area contributed by atoms with Crippen molar-refractivity contribution in [2.24, 2.45) is 5.11 Å². The van der Waals surface area contributed by atoms with Gasteiger partial charge in [-0.3, -0.25) is 10.1 Å². The van der Waals surface area contributed by atoms with Crippen LogP contribution >= 0.6 is 11.3 Å². The highest BCUT2D eigenvalue weighted by Crippen LogP contribution is 2.45. The topological polar surface area (TPSA) is 164 Å². The molecule has 3 heterocycles. The van der Waals surface area contributed by atoms with Crippen LogP contribution in [0.5, 0.6) is 5.88 Å². The van der Waals surface area contributed by atoms with Crippen LogP contribution in [0.3, 0.4) is 0 Å². The van der Waals surface area contributed by atoms with Gasteiger partial charge in [-0.2, -0.15) is 5.26 Å². The van der Waals surface area contributed by atoms with E-state index in [1.807, 2.05) is 30.3 Å². The van der Waals surface area contributed by atoms with Crippen molar-refractivity contribution in [2.75, 3.05) is 6.61 Å². The average molecular weight is 494 g/mol. The summed E-state index contributed by atoms with van der Waals surface area (Å²) in [6.45, 7) is 2.10. The molecule has 36 heavy (non-hydrogen) atoms. The van der Waals surface area contributed by atoms with Gasteiger partial charge in [-0.1, -0.05) is 42.5 Å². The van der Waals surface area contributed by atoms with Crippen molar-refractivity contribution in [3.05, 3.63) is 80.7 Å². The minimum atomic E-state index is -0.527. The Morgan fingerprint density at radius 3 is 2.61 bits per heavy atom. The molecule has 0 aliphatic heterocycles. The molecule has 5 rings (SSSR count). The van der Waals surface area contributed by atoms with E-state index in [-0.39, 0.29) is 34.3 Å². The summed E-state index contributed by atoms with van der Waals surface area (Å²) in [4.78, 5) is 28.1. The third-order valence-corrected chi connectivity index (χ3v) is 6.42. The second kappa shape index (κ2) is 9.27. The van der Waals surface area contributed by atoms with Crippen molar-refractivity contribution >= 4 is 43.3 Å². The van der Waals surface area contributed by atoms with E-state index in [2.05, 4.69) is 31.0 Å². The van der Waals surface area contributed by atoms with E-state index in [1.165, 1.54) is 23.5 Å². The molecule has 5 aromatic rings. The SMILES string of the molecule is CCOc1nc2sc3c(N=[N+]=[N-])nc(-c4ccccc4[N+](=O)[O-])nc3c2c(-c2ccccc2)c1C#N. The van der Waals surface area contributed by atoms with Crippen molar-refractivity contribution in [2.45, 2.75) is 6.92 Å². The zero-order valence-electron chi connectivity index (χ0n) is 18.6. The van der Waals surface area contributed by atoms with Crippen molar-refractivity contribution in [3.8, 4) is 34.5 Å². The van der Waals surface area contributed by atoms with Gasteiger partial charge in [-0.25, -0.2) is 15.0 Å². The first-order chi connectivity index (χ1) is 17.6. The van der Waals surface area contributed by atoms with Gasteiger partial charge in [0.15, 0.2) is 5.82 Å². The Hall–Kier alpha value is -5.11. The third kappa shape index (κ3) is 3.70. The van der Waals surface area contributed by atoms with Crippen molar-refractivity contribution < 1.29 is 9.66 Å². The number of azide groups is 1. The Labute approximate surface area is 207 Å². The fourth-order valence-corrected chi connectivity index (χ4v) is 4.97. The summed E-state index contributed by atoms with van der Waals surface area (Å²) in [6.07, 6.45) is 0. The van der Waals surface area contributed by atoms with E-state index in [1.54, 1.807) is 19.1 Å². The predicted octanol–water partition coefficient (Wildman–Crippen LogP) is 6.69. The first-order valence-electron chi connectivity index (χ1n) is 10.6. The quantitative estimate of drug-likeness (QED) is 0.0833. The van der Waals surface area contributed by atoms with Crippen molar-refractivity contribution in [1.82, 2.24) is 15.0 Å². The van der Waals surface area contributed by atoms with Gasteiger partial charge in [-0.05, 0) is 29.2 Å². The number of nitro benzene ring substituents is 1. The summed E-state index contributed by atoms with van der Waals surface area (Å²) < 4.78 is 6.12. The molecule has 0 radical (unpaired) electrons. The molecule has 0 atom stereocenters. The normalized spacial score (nSPS) is 10.7. The number of pyridine rings is 1. The first-order valence-corrected chi connectivity index (χ1v) is 11.4. The number of aromatic nitrogens is 3. The fraction of sp³-hybridized carbons (Fsp3) is 0.0833. The number of nitrogens with zero attached hydrogens (tertiary/aromatic N) is 8. The van der Waals surface area contributed by atoms with E-state index in [0.29, 0.717) is 32.6 Å². The number of rotatable bonds is 6. The second-order valence-electron chi connectivity index (χ2n) is 7.37. The van der Waals surface area contributed by atoms with Gasteiger partial charge in [0, 0.05) is 21.9 Å². The highest BCUT2D eigenvalue weighted by Gasteiger charge is 2.25. The lowest BCUT2D eigenvalue weighted by Gasteiger charge is -2.11. The van der Waals surface area contributed by atoms with Crippen LogP contribution in [0.1, 0.15) is 12.5 Å². The molecule has 0 aliphatic rings. The third-order valence-electron chi connectivity index (χ3n) is 5.35. The number of ether oxygens (including phenoxy) is 1. The number of benzene rings is 2. The molecule has 2 aromatic carbocycles. The molecule has 0 saturated heterocycles. The minimum Gasteiger partial charge on any atom is -0.477 e. The maximum Gasteiger partial charge on any atom is 0.280 e. The lowest BCUT2D eigenvalue weighted by Crippen LogP contribution is -2.00. The molecule has 0 bridgehead atoms. The van der Waals surface area contributed by atoms with Crippen LogP contribution in [0.4, 0.5) is 11.5 Å². The molecule has 0 amide bonds. The molecule has 3 aromatic heterocycles. The summed E-state index contributed by atoms with van der Waals surface area (Å²) in [5.74, 6) is 0.201. The van der Waals surface area contributed by atoms with Crippen molar-refractivity contribution in [1.29, 1.82) is 5.26 Å². The molecule has 0 N–H and O–H groups in total. The lowest BCUT2D eigenvalue weighted by atomic mass is 9.98. The zero-order chi connectivity index (χ0) is 25.2. The number of thiophene rings is 1. The van der Waals surface area contributed by atoms with E-state index in [9.17, 15) is 20.9 Å². The number of nitriles is 1. The van der Waals surface area contributed by atoms with Gasteiger partial charge in [0.05, 0.1) is 27.3 Å². The highest BCUT2D eigenvalue weighted by atomic mass is 32.1. The molecule has 174 valence electrons. The molecule has 0 saturated carbocycles. The molecule has 0 unspecified atom stereocenters. The largest absolute Gasteiger partial charge is 0.477 e. The Kier molecular flexibility index (Phi) is 5.83. The highest BCUT2D eigenvalue weighted by molar-refractivity contribution is 7.26. The van der Waals surface area contributed by atoms with Crippen LogP contribution in [-0.2, 0) is 0 Å². The fourth-order valence-electron chi connectivity index (χ4n) is 3.93. The van der Waals surface area contributed by atoms with Gasteiger partial charge in [0.2, 0.25) is 5.88 Å². The second-order valence-corrected chi connectivity index (χ2v) is 8.37. The number of nitro groups is 1. The van der Waals surface area contributed by atoms with Gasteiger partial charge in [0.25, 0.3) is 5.69 Å². The molecular weight excluding hydrogens is 480 g/mol. The number of hydrogen-bond acceptors (Lipinski definition) is 9. The predicted molar refractivity (Wildman–Crippen MR) is 135 cm³/mol. The monoisotopic (exact) mass is 494 g/mol. The van der Waals surface area contributed by atoms with Crippen LogP contribution in [0.15, 0.2) is 59.7 Å². The number of hydrogen-bond donors (Lipinski definition) is 0. The number of para-hydroxylation sites is 1. The maximum absolute atomic E-state index is 11.7. The van der Waals surface area contributed by atoms with Gasteiger partial charge in [-0.15, -0.1) is 11.3 Å².